The average Bonchev–Trinajstić information content (AvgIpc) is 2.13. The first kappa shape index (κ1) is 13.7. The van der Waals surface area contributed by atoms with E-state index in [0.29, 0.717) is 0 Å². The van der Waals surface area contributed by atoms with Gasteiger partial charge in [-0.3, -0.25) is 0 Å². The Balaban J connectivity index is 3.51. The van der Waals surface area contributed by atoms with Crippen molar-refractivity contribution < 1.29 is 26.3 Å². The van der Waals surface area contributed by atoms with Crippen molar-refractivity contribution in [1.82, 2.24) is 9.97 Å². The molecule has 0 bridgehead atoms. The molecule has 0 unspecified atom stereocenters. The Kier molecular flexibility index (Phi) is 3.33. The van der Waals surface area contributed by atoms with Gasteiger partial charge in [-0.2, -0.15) is 26.3 Å². The molecule has 1 rings (SSSR count). The van der Waals surface area contributed by atoms with E-state index in [1.54, 1.807) is 0 Å². The standard InChI is InChI=1S/C8H7F6N3/c1-3-4(2-15)5(7(9,10)11)17-6(16-3)8(12,13)14/h2,15H2,1H3. The summed E-state index contributed by atoms with van der Waals surface area (Å²) in [5, 5.41) is 0. The van der Waals surface area contributed by atoms with Crippen LogP contribution < -0.4 is 5.73 Å². The first-order valence-electron chi connectivity index (χ1n) is 4.29. The molecule has 0 amide bonds. The Labute approximate surface area is 91.7 Å². The number of halogens is 6. The van der Waals surface area contributed by atoms with Crippen LogP contribution in [-0.4, -0.2) is 9.97 Å². The molecular weight excluding hydrogens is 252 g/mol. The highest BCUT2D eigenvalue weighted by atomic mass is 19.4. The first-order valence-corrected chi connectivity index (χ1v) is 4.29. The van der Waals surface area contributed by atoms with Gasteiger partial charge in [0, 0.05) is 17.8 Å². The van der Waals surface area contributed by atoms with Gasteiger partial charge in [0.05, 0.1) is 0 Å². The molecule has 0 radical (unpaired) electrons. The Morgan fingerprint density at radius 3 is 1.88 bits per heavy atom. The molecule has 2 N–H and O–H groups in total. The fourth-order valence-electron chi connectivity index (χ4n) is 1.20. The van der Waals surface area contributed by atoms with E-state index >= 15 is 0 Å². The number of hydrogen-bond donors (Lipinski definition) is 1. The average molecular weight is 259 g/mol. The predicted molar refractivity (Wildman–Crippen MR) is 44.7 cm³/mol. The lowest BCUT2D eigenvalue weighted by Crippen LogP contribution is -2.22. The van der Waals surface area contributed by atoms with Crippen LogP contribution in [0.15, 0.2) is 0 Å². The first-order chi connectivity index (χ1) is 7.57. The maximum atomic E-state index is 12.5. The topological polar surface area (TPSA) is 51.8 Å². The van der Waals surface area contributed by atoms with Gasteiger partial charge >= 0.3 is 12.4 Å². The summed E-state index contributed by atoms with van der Waals surface area (Å²) in [4.78, 5) is 5.48. The van der Waals surface area contributed by atoms with Crippen molar-refractivity contribution >= 4 is 0 Å². The van der Waals surface area contributed by atoms with Crippen LogP contribution in [0.25, 0.3) is 0 Å². The van der Waals surface area contributed by atoms with Crippen LogP contribution in [0.4, 0.5) is 26.3 Å². The second-order valence-corrected chi connectivity index (χ2v) is 3.16. The van der Waals surface area contributed by atoms with Crippen LogP contribution in [0, 0.1) is 6.92 Å². The van der Waals surface area contributed by atoms with Gasteiger partial charge in [-0.15, -0.1) is 0 Å². The molecule has 0 aliphatic heterocycles. The molecule has 9 heteroatoms. The summed E-state index contributed by atoms with van der Waals surface area (Å²) in [7, 11) is 0. The third kappa shape index (κ3) is 2.84. The van der Waals surface area contributed by atoms with Gasteiger partial charge in [-0.05, 0) is 6.92 Å². The summed E-state index contributed by atoms with van der Waals surface area (Å²) in [6.07, 6.45) is -10.0. The van der Waals surface area contributed by atoms with Gasteiger partial charge in [-0.1, -0.05) is 0 Å². The fourth-order valence-corrected chi connectivity index (χ4v) is 1.20. The zero-order valence-corrected chi connectivity index (χ0v) is 8.45. The summed E-state index contributed by atoms with van der Waals surface area (Å²) in [5.41, 5.74) is 2.44. The summed E-state index contributed by atoms with van der Waals surface area (Å²) >= 11 is 0. The molecule has 1 aromatic heterocycles. The minimum absolute atomic E-state index is 0.429. The van der Waals surface area contributed by atoms with E-state index in [0.717, 1.165) is 6.92 Å². The normalized spacial score (nSPS) is 12.9. The van der Waals surface area contributed by atoms with E-state index < -0.39 is 41.7 Å². The van der Waals surface area contributed by atoms with E-state index in [4.69, 9.17) is 5.73 Å². The van der Waals surface area contributed by atoms with Crippen molar-refractivity contribution in [2.24, 2.45) is 5.73 Å². The smallest absolute Gasteiger partial charge is 0.326 e. The van der Waals surface area contributed by atoms with Crippen LogP contribution in [-0.2, 0) is 18.9 Å². The van der Waals surface area contributed by atoms with Crippen LogP contribution in [0.5, 0.6) is 0 Å². The number of rotatable bonds is 1. The van der Waals surface area contributed by atoms with Gasteiger partial charge in [-0.25, -0.2) is 9.97 Å². The van der Waals surface area contributed by atoms with E-state index in [9.17, 15) is 26.3 Å². The van der Waals surface area contributed by atoms with Crippen molar-refractivity contribution in [3.8, 4) is 0 Å². The van der Waals surface area contributed by atoms with Gasteiger partial charge in [0.2, 0.25) is 5.82 Å². The molecule has 0 saturated carbocycles. The van der Waals surface area contributed by atoms with Gasteiger partial charge in [0.1, 0.15) is 0 Å². The van der Waals surface area contributed by atoms with E-state index in [2.05, 4.69) is 9.97 Å². The molecule has 1 heterocycles. The lowest BCUT2D eigenvalue weighted by molar-refractivity contribution is -0.153. The summed E-state index contributed by atoms with van der Waals surface area (Å²) in [5.74, 6) is -1.82. The van der Waals surface area contributed by atoms with Crippen molar-refractivity contribution in [2.75, 3.05) is 0 Å². The SMILES string of the molecule is Cc1nc(C(F)(F)F)nc(C(F)(F)F)c1CN. The molecule has 0 aliphatic rings. The molecule has 0 aromatic carbocycles. The summed E-state index contributed by atoms with van der Waals surface area (Å²) in [6, 6.07) is 0. The Hall–Kier alpha value is -1.38. The zero-order chi connectivity index (χ0) is 13.4. The predicted octanol–water partition coefficient (Wildman–Crippen LogP) is 2.28. The molecule has 3 nitrogen and oxygen atoms in total. The maximum absolute atomic E-state index is 12.5. The maximum Gasteiger partial charge on any atom is 0.451 e. The number of aryl methyl sites for hydroxylation is 1. The Bertz CT molecular complexity index is 422. The number of nitrogens with two attached hydrogens (primary N) is 1. The number of nitrogens with zero attached hydrogens (tertiary/aromatic N) is 2. The number of hydrogen-bond acceptors (Lipinski definition) is 3. The van der Waals surface area contributed by atoms with E-state index in [1.165, 1.54) is 0 Å². The third-order valence-electron chi connectivity index (χ3n) is 1.94. The molecule has 17 heavy (non-hydrogen) atoms. The van der Waals surface area contributed by atoms with Gasteiger partial charge < -0.3 is 5.73 Å². The van der Waals surface area contributed by atoms with Crippen molar-refractivity contribution in [3.63, 3.8) is 0 Å². The van der Waals surface area contributed by atoms with E-state index in [-0.39, 0.29) is 0 Å². The van der Waals surface area contributed by atoms with Crippen LogP contribution >= 0.6 is 0 Å². The largest absolute Gasteiger partial charge is 0.451 e. The van der Waals surface area contributed by atoms with Crippen molar-refractivity contribution in [3.05, 3.63) is 22.8 Å². The summed E-state index contributed by atoms with van der Waals surface area (Å²) < 4.78 is 74.2. The Morgan fingerprint density at radius 2 is 1.53 bits per heavy atom. The lowest BCUT2D eigenvalue weighted by Gasteiger charge is -2.15. The van der Waals surface area contributed by atoms with Gasteiger partial charge in [0.25, 0.3) is 0 Å². The van der Waals surface area contributed by atoms with Crippen LogP contribution in [0.1, 0.15) is 22.8 Å². The number of aromatic nitrogens is 2. The second-order valence-electron chi connectivity index (χ2n) is 3.16. The van der Waals surface area contributed by atoms with Gasteiger partial charge in [0.15, 0.2) is 5.69 Å². The zero-order valence-electron chi connectivity index (χ0n) is 8.45. The quantitative estimate of drug-likeness (QED) is 0.787. The molecule has 1 aromatic rings. The van der Waals surface area contributed by atoms with Crippen LogP contribution in [0.3, 0.4) is 0 Å². The fraction of sp³-hybridized carbons (Fsp3) is 0.500. The molecule has 0 aliphatic carbocycles. The Morgan fingerprint density at radius 1 is 1.00 bits per heavy atom. The minimum atomic E-state index is -5.03. The molecule has 0 spiro atoms. The third-order valence-corrected chi connectivity index (χ3v) is 1.94. The monoisotopic (exact) mass is 259 g/mol. The summed E-state index contributed by atoms with van der Waals surface area (Å²) in [6.45, 7) is 0.438. The highest BCUT2D eigenvalue weighted by Gasteiger charge is 2.41. The number of alkyl halides is 6. The second kappa shape index (κ2) is 4.13. The minimum Gasteiger partial charge on any atom is -0.326 e. The molecule has 0 fully saturated rings. The molecule has 0 atom stereocenters. The van der Waals surface area contributed by atoms with E-state index in [1.807, 2.05) is 0 Å². The molecule has 0 saturated heterocycles. The highest BCUT2D eigenvalue weighted by Crippen LogP contribution is 2.34. The van der Waals surface area contributed by atoms with Crippen molar-refractivity contribution in [2.45, 2.75) is 25.8 Å². The lowest BCUT2D eigenvalue weighted by atomic mass is 10.1. The molecular formula is C8H7F6N3. The molecule has 96 valence electrons. The van der Waals surface area contributed by atoms with Crippen molar-refractivity contribution in [1.29, 1.82) is 0 Å². The van der Waals surface area contributed by atoms with Crippen LogP contribution in [0.2, 0.25) is 0 Å². The highest BCUT2D eigenvalue weighted by molar-refractivity contribution is 5.27.